The average molecular weight is 363 g/mol. The Hall–Kier alpha value is -3.74. The fourth-order valence-electron chi connectivity index (χ4n) is 2.33. The third-order valence-electron chi connectivity index (χ3n) is 3.75. The number of carbonyl (C=O) groups is 1. The molecule has 0 aliphatic rings. The largest absolute Gasteiger partial charge is 0.512 e. The van der Waals surface area contributed by atoms with E-state index in [4.69, 9.17) is 4.74 Å². The van der Waals surface area contributed by atoms with Crippen LogP contribution in [0.2, 0.25) is 0 Å². The quantitative estimate of drug-likeness (QED) is 0.326. The number of aliphatic imine (C=N–C) groups is 1. The molecule has 0 radical (unpaired) electrons. The summed E-state index contributed by atoms with van der Waals surface area (Å²) in [6.07, 6.45) is 4.00. The Bertz CT molecular complexity index is 1080. The lowest BCUT2D eigenvalue weighted by Gasteiger charge is -2.06. The van der Waals surface area contributed by atoms with Crippen molar-refractivity contribution >= 4 is 23.5 Å². The minimum absolute atomic E-state index is 0.0355. The van der Waals surface area contributed by atoms with Crippen molar-refractivity contribution in [2.45, 2.75) is 13.5 Å². The highest BCUT2D eigenvalue weighted by Gasteiger charge is 2.13. The normalized spacial score (nSPS) is 12.2. The van der Waals surface area contributed by atoms with Gasteiger partial charge in [0.1, 0.15) is 29.3 Å². The zero-order valence-corrected chi connectivity index (χ0v) is 14.6. The maximum Gasteiger partial charge on any atom is 0.343 e. The van der Waals surface area contributed by atoms with Crippen LogP contribution in [0.15, 0.2) is 82.0 Å². The van der Waals surface area contributed by atoms with Gasteiger partial charge in [-0.05, 0) is 24.6 Å². The van der Waals surface area contributed by atoms with E-state index in [0.717, 1.165) is 11.8 Å². The molecular weight excluding hydrogens is 346 g/mol. The maximum atomic E-state index is 12.4. The fraction of sp³-hybridized carbons (Fsp3) is 0.100. The van der Waals surface area contributed by atoms with Gasteiger partial charge < -0.3 is 9.84 Å². The van der Waals surface area contributed by atoms with Crippen molar-refractivity contribution in [3.63, 3.8) is 0 Å². The van der Waals surface area contributed by atoms with Gasteiger partial charge in [-0.3, -0.25) is 9.20 Å². The maximum absolute atomic E-state index is 12.4. The topological polar surface area (TPSA) is 93.3 Å². The minimum atomic E-state index is -0.739. The van der Waals surface area contributed by atoms with Gasteiger partial charge in [-0.15, -0.1) is 0 Å². The highest BCUT2D eigenvalue weighted by molar-refractivity contribution is 6.10. The summed E-state index contributed by atoms with van der Waals surface area (Å²) in [6.45, 7) is 1.40. The van der Waals surface area contributed by atoms with Gasteiger partial charge >= 0.3 is 5.97 Å². The number of rotatable bonds is 5. The molecule has 0 spiro atoms. The smallest absolute Gasteiger partial charge is 0.343 e. The summed E-state index contributed by atoms with van der Waals surface area (Å²) in [5.41, 5.74) is 0.814. The molecule has 0 atom stereocenters. The molecule has 7 nitrogen and oxygen atoms in total. The predicted octanol–water partition coefficient (Wildman–Crippen LogP) is 2.97. The first-order valence-electron chi connectivity index (χ1n) is 8.17. The van der Waals surface area contributed by atoms with Crippen molar-refractivity contribution in [2.24, 2.45) is 4.99 Å². The van der Waals surface area contributed by atoms with Crippen molar-refractivity contribution in [3.8, 4) is 0 Å². The molecule has 0 saturated carbocycles. The summed E-state index contributed by atoms with van der Waals surface area (Å²) in [5, 5.41) is 9.79. The summed E-state index contributed by atoms with van der Waals surface area (Å²) >= 11 is 0. The first kappa shape index (κ1) is 18.1. The van der Waals surface area contributed by atoms with Crippen LogP contribution in [0.1, 0.15) is 12.5 Å². The standard InChI is InChI=1S/C20H17N3O4/c1-14(24)16(20(26)27-13-15-7-3-2-4-8-15)11-21-17-12-22-18-9-5-6-10-23(18)19(17)25/h2-12,24H,13H2,1H3/b16-14+,21-11?. The molecule has 7 heteroatoms. The summed E-state index contributed by atoms with van der Waals surface area (Å²) in [6, 6.07) is 14.3. The number of hydrogen-bond donors (Lipinski definition) is 1. The second-order valence-corrected chi connectivity index (χ2v) is 5.70. The number of pyridine rings is 1. The molecule has 3 aromatic rings. The number of allylic oxidation sites excluding steroid dienone is 1. The number of carbonyl (C=O) groups excluding carboxylic acids is 1. The van der Waals surface area contributed by atoms with Gasteiger partial charge in [0.25, 0.3) is 5.56 Å². The average Bonchev–Trinajstić information content (AvgIpc) is 2.69. The van der Waals surface area contributed by atoms with Crippen LogP contribution in [0.5, 0.6) is 0 Å². The van der Waals surface area contributed by atoms with E-state index in [1.54, 1.807) is 24.4 Å². The summed E-state index contributed by atoms with van der Waals surface area (Å²) in [7, 11) is 0. The highest BCUT2D eigenvalue weighted by Crippen LogP contribution is 2.09. The van der Waals surface area contributed by atoms with Gasteiger partial charge in [0.05, 0.1) is 6.20 Å². The second-order valence-electron chi connectivity index (χ2n) is 5.70. The Labute approximate surface area is 154 Å². The van der Waals surface area contributed by atoms with E-state index in [-0.39, 0.29) is 29.2 Å². The molecule has 2 aromatic heterocycles. The first-order chi connectivity index (χ1) is 13.1. The number of esters is 1. The Kier molecular flexibility index (Phi) is 5.41. The van der Waals surface area contributed by atoms with Crippen molar-refractivity contribution in [1.82, 2.24) is 9.38 Å². The summed E-state index contributed by atoms with van der Waals surface area (Å²) in [5.74, 6) is -0.998. The summed E-state index contributed by atoms with van der Waals surface area (Å²) < 4.78 is 6.54. The molecule has 1 N–H and O–H groups in total. The lowest BCUT2D eigenvalue weighted by molar-refractivity contribution is -0.139. The van der Waals surface area contributed by atoms with Crippen LogP contribution in [-0.4, -0.2) is 26.7 Å². The van der Waals surface area contributed by atoms with Crippen LogP contribution in [0.4, 0.5) is 5.69 Å². The van der Waals surface area contributed by atoms with E-state index in [1.807, 2.05) is 30.3 Å². The number of aromatic nitrogens is 2. The molecule has 0 unspecified atom stereocenters. The SMILES string of the molecule is C/C(O)=C(/C=Nc1cnc2ccccn2c1=O)C(=O)OCc1ccccc1. The van der Waals surface area contributed by atoms with Gasteiger partial charge in [-0.2, -0.15) is 0 Å². The van der Waals surface area contributed by atoms with Crippen molar-refractivity contribution in [2.75, 3.05) is 0 Å². The van der Waals surface area contributed by atoms with E-state index < -0.39 is 5.97 Å². The lowest BCUT2D eigenvalue weighted by Crippen LogP contribution is -2.14. The van der Waals surface area contributed by atoms with Gasteiger partial charge in [0, 0.05) is 12.4 Å². The van der Waals surface area contributed by atoms with Crippen molar-refractivity contribution in [1.29, 1.82) is 0 Å². The molecule has 1 aromatic carbocycles. The number of aliphatic hydroxyl groups excluding tert-OH is 1. The van der Waals surface area contributed by atoms with Crippen LogP contribution < -0.4 is 5.56 Å². The molecule has 0 fully saturated rings. The van der Waals surface area contributed by atoms with E-state index in [0.29, 0.717) is 5.65 Å². The molecule has 0 aliphatic carbocycles. The zero-order chi connectivity index (χ0) is 19.2. The fourth-order valence-corrected chi connectivity index (χ4v) is 2.33. The third kappa shape index (κ3) is 4.27. The molecule has 0 saturated heterocycles. The summed E-state index contributed by atoms with van der Waals surface area (Å²) in [4.78, 5) is 32.8. The van der Waals surface area contributed by atoms with Gasteiger partial charge in [0.15, 0.2) is 0 Å². The number of benzene rings is 1. The van der Waals surface area contributed by atoms with Crippen molar-refractivity contribution < 1.29 is 14.6 Å². The monoisotopic (exact) mass is 363 g/mol. The van der Waals surface area contributed by atoms with Crippen LogP contribution >= 0.6 is 0 Å². The molecule has 0 bridgehead atoms. The Morgan fingerprint density at radius 2 is 1.96 bits per heavy atom. The Balaban J connectivity index is 1.80. The van der Waals surface area contributed by atoms with E-state index in [2.05, 4.69) is 9.98 Å². The van der Waals surface area contributed by atoms with Gasteiger partial charge in [-0.25, -0.2) is 14.8 Å². The van der Waals surface area contributed by atoms with Crippen LogP contribution in [0, 0.1) is 0 Å². The number of aliphatic hydroxyl groups is 1. The molecule has 0 amide bonds. The highest BCUT2D eigenvalue weighted by atomic mass is 16.5. The van der Waals surface area contributed by atoms with Crippen LogP contribution in [0.25, 0.3) is 5.65 Å². The van der Waals surface area contributed by atoms with Gasteiger partial charge in [-0.1, -0.05) is 36.4 Å². The minimum Gasteiger partial charge on any atom is -0.512 e. The van der Waals surface area contributed by atoms with E-state index in [1.165, 1.54) is 17.5 Å². The number of nitrogens with zero attached hydrogens (tertiary/aromatic N) is 3. The van der Waals surface area contributed by atoms with Crippen LogP contribution in [0.3, 0.4) is 0 Å². The molecule has 136 valence electrons. The molecule has 3 rings (SSSR count). The number of hydrogen-bond acceptors (Lipinski definition) is 6. The van der Waals surface area contributed by atoms with Crippen molar-refractivity contribution in [3.05, 3.63) is 88.2 Å². The first-order valence-corrected chi connectivity index (χ1v) is 8.17. The molecule has 0 aliphatic heterocycles. The number of ether oxygens (including phenoxy) is 1. The van der Waals surface area contributed by atoms with Gasteiger partial charge in [0.2, 0.25) is 0 Å². The molecular formula is C20H17N3O4. The van der Waals surface area contributed by atoms with Crippen LogP contribution in [-0.2, 0) is 16.1 Å². The Morgan fingerprint density at radius 3 is 2.70 bits per heavy atom. The zero-order valence-electron chi connectivity index (χ0n) is 14.6. The van der Waals surface area contributed by atoms with E-state index in [9.17, 15) is 14.7 Å². The van der Waals surface area contributed by atoms with E-state index >= 15 is 0 Å². The molecule has 2 heterocycles. The number of fused-ring (bicyclic) bond motifs is 1. The molecule has 27 heavy (non-hydrogen) atoms. The Morgan fingerprint density at radius 1 is 1.22 bits per heavy atom. The third-order valence-corrected chi connectivity index (χ3v) is 3.75. The second kappa shape index (κ2) is 8.09. The predicted molar refractivity (Wildman–Crippen MR) is 101 cm³/mol. The lowest BCUT2D eigenvalue weighted by atomic mass is 10.2.